The molecule has 0 aliphatic heterocycles. The largest absolute Gasteiger partial charge is 0.413 e. The minimum Gasteiger partial charge on any atom is -0.413 e. The molecule has 0 atom stereocenters. The SMILES string of the molecule is CC(=C=O)CO[Si](C)(C)C. The molecule has 0 fully saturated rings. The van der Waals surface area contributed by atoms with Crippen LogP contribution in [0.4, 0.5) is 0 Å². The third-order valence-electron chi connectivity index (χ3n) is 0.896. The van der Waals surface area contributed by atoms with Gasteiger partial charge < -0.3 is 4.43 Å². The highest BCUT2D eigenvalue weighted by Gasteiger charge is 2.13. The van der Waals surface area contributed by atoms with Gasteiger partial charge in [0.15, 0.2) is 8.32 Å². The van der Waals surface area contributed by atoms with Crippen molar-refractivity contribution < 1.29 is 9.22 Å². The van der Waals surface area contributed by atoms with Crippen LogP contribution < -0.4 is 0 Å². The van der Waals surface area contributed by atoms with Crippen molar-refractivity contribution in [3.8, 4) is 0 Å². The van der Waals surface area contributed by atoms with Crippen LogP contribution in [-0.2, 0) is 9.22 Å². The molecule has 0 heterocycles. The molecule has 0 spiro atoms. The molecule has 0 radical (unpaired) electrons. The van der Waals surface area contributed by atoms with Gasteiger partial charge in [0.1, 0.15) is 5.94 Å². The van der Waals surface area contributed by atoms with Gasteiger partial charge in [0.05, 0.1) is 6.61 Å². The van der Waals surface area contributed by atoms with Gasteiger partial charge in [-0.15, -0.1) is 0 Å². The van der Waals surface area contributed by atoms with Crippen LogP contribution in [0.5, 0.6) is 0 Å². The van der Waals surface area contributed by atoms with Crippen LogP contribution in [-0.4, -0.2) is 20.9 Å². The van der Waals surface area contributed by atoms with E-state index >= 15 is 0 Å². The molecule has 0 unspecified atom stereocenters. The van der Waals surface area contributed by atoms with Crippen molar-refractivity contribution in [2.45, 2.75) is 26.6 Å². The molecule has 3 heteroatoms. The molecule has 0 saturated carbocycles. The van der Waals surface area contributed by atoms with Crippen molar-refractivity contribution >= 4 is 14.3 Å². The van der Waals surface area contributed by atoms with Gasteiger partial charge in [-0.3, -0.25) is 0 Å². The van der Waals surface area contributed by atoms with E-state index in [-0.39, 0.29) is 0 Å². The summed E-state index contributed by atoms with van der Waals surface area (Å²) in [4.78, 5) is 10.00. The van der Waals surface area contributed by atoms with Crippen molar-refractivity contribution in [2.75, 3.05) is 6.61 Å². The lowest BCUT2D eigenvalue weighted by atomic mass is 10.4. The predicted molar refractivity (Wildman–Crippen MR) is 44.2 cm³/mol. The van der Waals surface area contributed by atoms with E-state index in [0.717, 1.165) is 0 Å². The Balaban J connectivity index is 3.66. The molecule has 10 heavy (non-hydrogen) atoms. The first-order chi connectivity index (χ1) is 4.45. The first kappa shape index (κ1) is 9.63. The Bertz CT molecular complexity index is 151. The first-order valence-corrected chi connectivity index (χ1v) is 6.71. The lowest BCUT2D eigenvalue weighted by Crippen LogP contribution is -2.26. The van der Waals surface area contributed by atoms with Crippen molar-refractivity contribution in [1.82, 2.24) is 0 Å². The van der Waals surface area contributed by atoms with Crippen LogP contribution in [0.2, 0.25) is 19.6 Å². The van der Waals surface area contributed by atoms with Crippen LogP contribution in [0, 0.1) is 0 Å². The average molecular weight is 158 g/mol. The summed E-state index contributed by atoms with van der Waals surface area (Å²) in [6.45, 7) is 8.44. The Morgan fingerprint density at radius 3 is 2.30 bits per heavy atom. The lowest BCUT2D eigenvalue weighted by molar-refractivity contribution is 0.347. The molecular weight excluding hydrogens is 144 g/mol. The second kappa shape index (κ2) is 3.71. The van der Waals surface area contributed by atoms with Crippen LogP contribution in [0.15, 0.2) is 5.57 Å². The van der Waals surface area contributed by atoms with Crippen LogP contribution >= 0.6 is 0 Å². The lowest BCUT2D eigenvalue weighted by Gasteiger charge is -2.15. The van der Waals surface area contributed by atoms with E-state index in [0.29, 0.717) is 12.2 Å². The highest BCUT2D eigenvalue weighted by molar-refractivity contribution is 6.69. The third kappa shape index (κ3) is 5.76. The number of carbonyl (C=O) groups excluding carboxylic acids is 1. The molecule has 0 N–H and O–H groups in total. The number of hydrogen-bond acceptors (Lipinski definition) is 2. The first-order valence-electron chi connectivity index (χ1n) is 3.30. The molecule has 0 aliphatic rings. The van der Waals surface area contributed by atoms with E-state index in [9.17, 15) is 4.79 Å². The molecule has 0 saturated heterocycles. The fourth-order valence-corrected chi connectivity index (χ4v) is 1.00. The quantitative estimate of drug-likeness (QED) is 0.461. The maximum Gasteiger partial charge on any atom is 0.184 e. The van der Waals surface area contributed by atoms with Gasteiger partial charge in [0.25, 0.3) is 0 Å². The Kier molecular flexibility index (Phi) is 3.57. The summed E-state index contributed by atoms with van der Waals surface area (Å²) in [7, 11) is -1.44. The Morgan fingerprint density at radius 2 is 2.00 bits per heavy atom. The summed E-state index contributed by atoms with van der Waals surface area (Å²) >= 11 is 0. The molecule has 0 aromatic carbocycles. The van der Waals surface area contributed by atoms with Gasteiger partial charge in [-0.25, -0.2) is 4.79 Å². The van der Waals surface area contributed by atoms with Crippen molar-refractivity contribution in [3.63, 3.8) is 0 Å². The van der Waals surface area contributed by atoms with E-state index < -0.39 is 8.32 Å². The highest BCUT2D eigenvalue weighted by atomic mass is 28.4. The Hall–Kier alpha value is -0.373. The molecule has 58 valence electrons. The van der Waals surface area contributed by atoms with Gasteiger partial charge in [-0.2, -0.15) is 0 Å². The van der Waals surface area contributed by atoms with Gasteiger partial charge in [0.2, 0.25) is 0 Å². The summed E-state index contributed by atoms with van der Waals surface area (Å²) in [5.41, 5.74) is 0.641. The normalized spacial score (nSPS) is 10.8. The number of rotatable bonds is 3. The minimum atomic E-state index is -1.44. The highest BCUT2D eigenvalue weighted by Crippen LogP contribution is 2.03. The van der Waals surface area contributed by atoms with E-state index in [2.05, 4.69) is 19.6 Å². The fourth-order valence-electron chi connectivity index (χ4n) is 0.354. The standard InChI is InChI=1S/C7H14O2Si/c1-7(5-8)6-9-10(2,3)4/h6H2,1-4H3. The summed E-state index contributed by atoms with van der Waals surface area (Å²) in [6.07, 6.45) is 0. The summed E-state index contributed by atoms with van der Waals surface area (Å²) in [6, 6.07) is 0. The molecule has 0 aromatic rings. The minimum absolute atomic E-state index is 0.444. The maximum absolute atomic E-state index is 10.00. The van der Waals surface area contributed by atoms with E-state index in [1.807, 2.05) is 0 Å². The van der Waals surface area contributed by atoms with Gasteiger partial charge >= 0.3 is 0 Å². The third-order valence-corrected chi connectivity index (χ3v) is 1.91. The van der Waals surface area contributed by atoms with Gasteiger partial charge in [-0.1, -0.05) is 0 Å². The summed E-state index contributed by atoms with van der Waals surface area (Å²) in [5, 5.41) is 0. The fraction of sp³-hybridized carbons (Fsp3) is 0.714. The zero-order chi connectivity index (χ0) is 8.20. The van der Waals surface area contributed by atoms with Crippen LogP contribution in [0.25, 0.3) is 0 Å². The second-order valence-electron chi connectivity index (χ2n) is 3.28. The molecule has 0 amide bonds. The van der Waals surface area contributed by atoms with Crippen LogP contribution in [0.1, 0.15) is 6.92 Å². The molecular formula is C7H14O2Si. The average Bonchev–Trinajstić information content (AvgIpc) is 1.81. The summed E-state index contributed by atoms with van der Waals surface area (Å²) < 4.78 is 5.42. The predicted octanol–water partition coefficient (Wildman–Crippen LogP) is 1.62. The van der Waals surface area contributed by atoms with E-state index in [1.54, 1.807) is 12.9 Å². The maximum atomic E-state index is 10.00. The van der Waals surface area contributed by atoms with Gasteiger partial charge in [0, 0.05) is 5.57 Å². The van der Waals surface area contributed by atoms with E-state index in [4.69, 9.17) is 4.43 Å². The summed E-state index contributed by atoms with van der Waals surface area (Å²) in [5.74, 6) is 1.80. The van der Waals surface area contributed by atoms with Crippen molar-refractivity contribution in [1.29, 1.82) is 0 Å². The smallest absolute Gasteiger partial charge is 0.184 e. The van der Waals surface area contributed by atoms with Crippen molar-refractivity contribution in [2.24, 2.45) is 0 Å². The number of hydrogen-bond donors (Lipinski definition) is 0. The zero-order valence-corrected chi connectivity index (χ0v) is 8.02. The Labute approximate surface area is 63.0 Å². The molecule has 0 aliphatic carbocycles. The van der Waals surface area contributed by atoms with E-state index in [1.165, 1.54) is 0 Å². The van der Waals surface area contributed by atoms with Gasteiger partial charge in [-0.05, 0) is 26.6 Å². The molecule has 2 nitrogen and oxygen atoms in total. The van der Waals surface area contributed by atoms with Crippen LogP contribution in [0.3, 0.4) is 0 Å². The second-order valence-corrected chi connectivity index (χ2v) is 7.80. The zero-order valence-electron chi connectivity index (χ0n) is 7.02. The molecule has 0 bridgehead atoms. The van der Waals surface area contributed by atoms with Crippen molar-refractivity contribution in [3.05, 3.63) is 5.57 Å². The Morgan fingerprint density at radius 1 is 1.50 bits per heavy atom. The topological polar surface area (TPSA) is 26.3 Å². The molecule has 0 rings (SSSR count). The molecule has 0 aromatic heterocycles. The monoisotopic (exact) mass is 158 g/mol.